The highest BCUT2D eigenvalue weighted by Gasteiger charge is 2.39. The number of piperidine rings is 1. The Kier molecular flexibility index (Phi) is 3.61. The fraction of sp³-hybridized carbons (Fsp3) is 0.571. The number of rotatable bonds is 3. The van der Waals surface area contributed by atoms with Gasteiger partial charge in [-0.25, -0.2) is 4.79 Å². The zero-order valence-electron chi connectivity index (χ0n) is 12.1. The topological polar surface area (TPSA) is 69.7 Å². The summed E-state index contributed by atoms with van der Waals surface area (Å²) in [4.78, 5) is 14.9. The fourth-order valence-corrected chi connectivity index (χ4v) is 3.55. The second-order valence-electron chi connectivity index (χ2n) is 5.52. The maximum atomic E-state index is 11.9. The highest BCUT2D eigenvalue weighted by atomic mass is 32.1. The first kappa shape index (κ1) is 14.1. The number of likely N-dealkylation sites (tertiary alicyclic amines) is 1. The number of ether oxygens (including phenoxy) is 2. The Balaban J connectivity index is 1.43. The summed E-state index contributed by atoms with van der Waals surface area (Å²) in [5.74, 6) is -0.430. The van der Waals surface area contributed by atoms with Gasteiger partial charge < -0.3 is 13.9 Å². The molecule has 0 atom stereocenters. The van der Waals surface area contributed by atoms with E-state index in [0.29, 0.717) is 25.8 Å². The van der Waals surface area contributed by atoms with Crippen molar-refractivity contribution in [3.05, 3.63) is 28.1 Å². The summed E-state index contributed by atoms with van der Waals surface area (Å²) in [6.45, 7) is 3.41. The number of aromatic nitrogens is 2. The molecule has 0 N–H and O–H groups in total. The lowest BCUT2D eigenvalue weighted by atomic mass is 10.0. The van der Waals surface area contributed by atoms with Gasteiger partial charge in [0.05, 0.1) is 18.1 Å². The minimum atomic E-state index is -0.419. The molecule has 0 radical (unpaired) electrons. The summed E-state index contributed by atoms with van der Waals surface area (Å²) in [7, 11) is 0. The van der Waals surface area contributed by atoms with Crippen molar-refractivity contribution in [2.24, 2.45) is 0 Å². The molecule has 0 aromatic carbocycles. The molecule has 22 heavy (non-hydrogen) atoms. The van der Waals surface area contributed by atoms with Gasteiger partial charge in [0.2, 0.25) is 0 Å². The van der Waals surface area contributed by atoms with Gasteiger partial charge in [-0.1, -0.05) is 6.07 Å². The Hall–Kier alpha value is -1.48. The average molecular weight is 323 g/mol. The molecule has 4 heterocycles. The zero-order chi connectivity index (χ0) is 15.0. The number of thiophene rings is 1. The third-order valence-electron chi connectivity index (χ3n) is 4.10. The van der Waals surface area contributed by atoms with E-state index in [1.165, 1.54) is 16.0 Å². The summed E-state index contributed by atoms with van der Waals surface area (Å²) in [6, 6.07) is 3.80. The molecule has 2 aliphatic heterocycles. The first-order chi connectivity index (χ1) is 10.7. The molecule has 4 rings (SSSR count). The molecular formula is C14H17N3O4S. The van der Waals surface area contributed by atoms with Gasteiger partial charge in [-0.15, -0.1) is 16.4 Å². The van der Waals surface area contributed by atoms with Crippen molar-refractivity contribution < 1.29 is 13.9 Å². The van der Waals surface area contributed by atoms with Crippen molar-refractivity contribution in [3.8, 4) is 10.8 Å². The van der Waals surface area contributed by atoms with Crippen LogP contribution in [0.1, 0.15) is 12.8 Å². The van der Waals surface area contributed by atoms with Crippen LogP contribution in [0.4, 0.5) is 0 Å². The quantitative estimate of drug-likeness (QED) is 0.849. The molecule has 0 amide bonds. The van der Waals surface area contributed by atoms with E-state index in [1.807, 2.05) is 17.5 Å². The Labute approximate surface area is 131 Å². The van der Waals surface area contributed by atoms with Gasteiger partial charge in [-0.3, -0.25) is 4.90 Å². The van der Waals surface area contributed by atoms with Crippen LogP contribution in [-0.4, -0.2) is 46.8 Å². The molecule has 0 saturated carbocycles. The molecule has 0 bridgehead atoms. The highest BCUT2D eigenvalue weighted by Crippen LogP contribution is 2.31. The maximum Gasteiger partial charge on any atom is 0.438 e. The normalized spacial score (nSPS) is 21.6. The Bertz CT molecular complexity index is 677. The second kappa shape index (κ2) is 5.62. The predicted octanol–water partition coefficient (Wildman–Crippen LogP) is 1.36. The molecule has 1 spiro atoms. The van der Waals surface area contributed by atoms with Gasteiger partial charge in [0, 0.05) is 25.9 Å². The average Bonchev–Trinajstić information content (AvgIpc) is 3.24. The molecule has 0 aliphatic carbocycles. The van der Waals surface area contributed by atoms with Crippen molar-refractivity contribution in [2.75, 3.05) is 26.3 Å². The molecule has 2 aromatic heterocycles. The van der Waals surface area contributed by atoms with Crippen molar-refractivity contribution in [1.29, 1.82) is 0 Å². The summed E-state index contributed by atoms with van der Waals surface area (Å²) < 4.78 is 18.0. The third kappa shape index (κ3) is 2.63. The minimum absolute atomic E-state index is 0.385. The Morgan fingerprint density at radius 3 is 2.73 bits per heavy atom. The molecular weight excluding hydrogens is 306 g/mol. The highest BCUT2D eigenvalue weighted by molar-refractivity contribution is 7.13. The summed E-state index contributed by atoms with van der Waals surface area (Å²) in [6.07, 6.45) is 1.63. The van der Waals surface area contributed by atoms with Gasteiger partial charge >= 0.3 is 5.76 Å². The lowest BCUT2D eigenvalue weighted by Crippen LogP contribution is -2.46. The Morgan fingerprint density at radius 1 is 1.27 bits per heavy atom. The lowest BCUT2D eigenvalue weighted by Gasteiger charge is -2.37. The zero-order valence-corrected chi connectivity index (χ0v) is 12.9. The van der Waals surface area contributed by atoms with Crippen LogP contribution in [0.15, 0.2) is 26.7 Å². The van der Waals surface area contributed by atoms with Gasteiger partial charge in [-0.2, -0.15) is 4.68 Å². The van der Waals surface area contributed by atoms with E-state index in [-0.39, 0.29) is 0 Å². The van der Waals surface area contributed by atoms with Gasteiger partial charge in [0.15, 0.2) is 5.79 Å². The van der Waals surface area contributed by atoms with E-state index < -0.39 is 11.5 Å². The van der Waals surface area contributed by atoms with E-state index in [2.05, 4.69) is 10.00 Å². The van der Waals surface area contributed by atoms with Crippen LogP contribution in [0.3, 0.4) is 0 Å². The van der Waals surface area contributed by atoms with Gasteiger partial charge in [-0.05, 0) is 11.4 Å². The van der Waals surface area contributed by atoms with Crippen molar-refractivity contribution in [3.63, 3.8) is 0 Å². The number of nitrogens with zero attached hydrogens (tertiary/aromatic N) is 3. The van der Waals surface area contributed by atoms with Gasteiger partial charge in [0.1, 0.15) is 6.67 Å². The molecule has 0 unspecified atom stereocenters. The summed E-state index contributed by atoms with van der Waals surface area (Å²) in [5, 5.41) is 6.21. The third-order valence-corrected chi connectivity index (χ3v) is 4.96. The summed E-state index contributed by atoms with van der Waals surface area (Å²) in [5.41, 5.74) is 0. The standard InChI is InChI=1S/C14H17N3O4S/c18-13-17(15-12(21-13)11-2-1-9-22-11)10-16-5-3-14(4-6-16)19-7-8-20-14/h1-2,9H,3-8,10H2. The van der Waals surface area contributed by atoms with E-state index >= 15 is 0 Å². The monoisotopic (exact) mass is 323 g/mol. The fourth-order valence-electron chi connectivity index (χ4n) is 2.91. The van der Waals surface area contributed by atoms with Crippen LogP contribution in [0, 0.1) is 0 Å². The van der Waals surface area contributed by atoms with Crippen molar-refractivity contribution in [2.45, 2.75) is 25.3 Å². The van der Waals surface area contributed by atoms with Crippen LogP contribution in [0.25, 0.3) is 10.8 Å². The largest absolute Gasteiger partial charge is 0.438 e. The second-order valence-corrected chi connectivity index (χ2v) is 6.46. The van der Waals surface area contributed by atoms with E-state index in [1.54, 1.807) is 0 Å². The first-order valence-corrected chi connectivity index (χ1v) is 8.24. The lowest BCUT2D eigenvalue weighted by molar-refractivity contribution is -0.187. The molecule has 2 aromatic rings. The smallest absolute Gasteiger partial charge is 0.387 e. The number of hydrogen-bond acceptors (Lipinski definition) is 7. The van der Waals surface area contributed by atoms with Crippen LogP contribution in [0.5, 0.6) is 0 Å². The SMILES string of the molecule is O=c1oc(-c2cccs2)nn1CN1CCC2(CC1)OCCO2. The predicted molar refractivity (Wildman–Crippen MR) is 79.5 cm³/mol. The molecule has 2 aliphatic rings. The van der Waals surface area contributed by atoms with Crippen LogP contribution in [-0.2, 0) is 16.1 Å². The van der Waals surface area contributed by atoms with Crippen LogP contribution < -0.4 is 5.76 Å². The molecule has 8 heteroatoms. The van der Waals surface area contributed by atoms with Gasteiger partial charge in [0.25, 0.3) is 5.89 Å². The first-order valence-electron chi connectivity index (χ1n) is 7.36. The Morgan fingerprint density at radius 2 is 2.05 bits per heavy atom. The maximum absolute atomic E-state index is 11.9. The van der Waals surface area contributed by atoms with E-state index in [9.17, 15) is 4.79 Å². The van der Waals surface area contributed by atoms with E-state index in [0.717, 1.165) is 30.8 Å². The van der Waals surface area contributed by atoms with E-state index in [4.69, 9.17) is 13.9 Å². The summed E-state index contributed by atoms with van der Waals surface area (Å²) >= 11 is 1.50. The number of hydrogen-bond donors (Lipinski definition) is 0. The minimum Gasteiger partial charge on any atom is -0.387 e. The molecule has 7 nitrogen and oxygen atoms in total. The van der Waals surface area contributed by atoms with Crippen LogP contribution >= 0.6 is 11.3 Å². The molecule has 118 valence electrons. The molecule has 2 saturated heterocycles. The van der Waals surface area contributed by atoms with Crippen molar-refractivity contribution >= 4 is 11.3 Å². The van der Waals surface area contributed by atoms with Crippen molar-refractivity contribution in [1.82, 2.24) is 14.7 Å². The molecule has 2 fully saturated rings. The van der Waals surface area contributed by atoms with Crippen LogP contribution in [0.2, 0.25) is 0 Å².